The van der Waals surface area contributed by atoms with Gasteiger partial charge in [-0.2, -0.15) is 0 Å². The highest BCUT2D eigenvalue weighted by atomic mass is 16.1. The van der Waals surface area contributed by atoms with E-state index in [-0.39, 0.29) is 11.8 Å². The highest BCUT2D eigenvalue weighted by Crippen LogP contribution is 2.27. The van der Waals surface area contributed by atoms with Crippen LogP contribution in [0.4, 0.5) is 5.82 Å². The molecule has 32 heavy (non-hydrogen) atoms. The zero-order chi connectivity index (χ0) is 22.3. The van der Waals surface area contributed by atoms with Crippen molar-refractivity contribution in [2.24, 2.45) is 16.6 Å². The number of guanidine groups is 1. The van der Waals surface area contributed by atoms with Gasteiger partial charge in [-0.3, -0.25) is 9.69 Å². The number of nitrogens with one attached hydrogen (secondary N) is 2. The third-order valence-electron chi connectivity index (χ3n) is 7.22. The summed E-state index contributed by atoms with van der Waals surface area (Å²) >= 11 is 0. The summed E-state index contributed by atoms with van der Waals surface area (Å²) < 4.78 is 0. The Morgan fingerprint density at radius 1 is 1.19 bits per heavy atom. The minimum absolute atomic E-state index is 0.0174. The molecule has 1 unspecified atom stereocenters. The number of rotatable bonds is 7. The first-order chi connectivity index (χ1) is 15.6. The molecule has 0 aromatic carbocycles. The fraction of sp³-hybridized carbons (Fsp3) is 0.708. The second-order valence-corrected chi connectivity index (χ2v) is 9.41. The van der Waals surface area contributed by atoms with E-state index in [1.165, 1.54) is 38.6 Å². The predicted molar refractivity (Wildman–Crippen MR) is 129 cm³/mol. The molecule has 1 aliphatic carbocycles. The van der Waals surface area contributed by atoms with Gasteiger partial charge in [0.1, 0.15) is 5.82 Å². The molecule has 8 heteroatoms. The molecule has 2 saturated heterocycles. The van der Waals surface area contributed by atoms with Gasteiger partial charge in [-0.1, -0.05) is 18.9 Å². The SMILES string of the molecule is CCNC(=NCc1cccnc1N1CCC(C(N)=O)CC1)NC1CCN(C2CCCC2)C1. The van der Waals surface area contributed by atoms with Gasteiger partial charge in [-0.25, -0.2) is 9.98 Å². The van der Waals surface area contributed by atoms with Crippen LogP contribution in [0.2, 0.25) is 0 Å². The Kier molecular flexibility index (Phi) is 7.84. The zero-order valence-corrected chi connectivity index (χ0v) is 19.4. The van der Waals surface area contributed by atoms with Crippen LogP contribution in [0.15, 0.2) is 23.3 Å². The summed E-state index contributed by atoms with van der Waals surface area (Å²) in [6.45, 7) is 7.43. The normalized spacial score (nSPS) is 23.6. The zero-order valence-electron chi connectivity index (χ0n) is 19.4. The number of aliphatic imine (C=N–C) groups is 1. The van der Waals surface area contributed by atoms with Crippen LogP contribution < -0.4 is 21.3 Å². The van der Waals surface area contributed by atoms with Crippen molar-refractivity contribution in [2.45, 2.75) is 70.5 Å². The quantitative estimate of drug-likeness (QED) is 0.441. The molecule has 1 atom stereocenters. The summed E-state index contributed by atoms with van der Waals surface area (Å²) in [7, 11) is 0. The van der Waals surface area contributed by atoms with E-state index in [1.807, 2.05) is 12.3 Å². The number of anilines is 1. The van der Waals surface area contributed by atoms with Crippen LogP contribution in [-0.2, 0) is 11.3 Å². The van der Waals surface area contributed by atoms with E-state index in [2.05, 4.69) is 38.4 Å². The Hall–Kier alpha value is -2.35. The van der Waals surface area contributed by atoms with Crippen molar-refractivity contribution in [3.63, 3.8) is 0 Å². The number of piperidine rings is 1. The van der Waals surface area contributed by atoms with Gasteiger partial charge in [-0.15, -0.1) is 0 Å². The van der Waals surface area contributed by atoms with Crippen molar-refractivity contribution in [3.8, 4) is 0 Å². The molecule has 8 nitrogen and oxygen atoms in total. The number of primary amides is 1. The van der Waals surface area contributed by atoms with Gasteiger partial charge in [0.2, 0.25) is 5.91 Å². The number of nitrogens with zero attached hydrogens (tertiary/aromatic N) is 4. The molecule has 1 aromatic rings. The standard InChI is InChI=1S/C24H39N7O/c1-2-26-24(29-20-11-15-31(17-20)21-7-3-4-8-21)28-16-19-6-5-12-27-23(19)30-13-9-18(10-14-30)22(25)32/h5-6,12,18,20-21H,2-4,7-11,13-17H2,1H3,(H2,25,32)(H2,26,28,29). The van der Waals surface area contributed by atoms with Crippen LogP contribution in [-0.4, -0.2) is 66.6 Å². The molecule has 176 valence electrons. The molecule has 0 radical (unpaired) electrons. The second kappa shape index (κ2) is 11.0. The minimum atomic E-state index is -0.185. The van der Waals surface area contributed by atoms with E-state index in [1.54, 1.807) is 0 Å². The molecule has 0 bridgehead atoms. The highest BCUT2D eigenvalue weighted by molar-refractivity contribution is 5.80. The monoisotopic (exact) mass is 441 g/mol. The lowest BCUT2D eigenvalue weighted by Crippen LogP contribution is -2.45. The summed E-state index contributed by atoms with van der Waals surface area (Å²) in [6.07, 6.45) is 10.1. The fourth-order valence-corrected chi connectivity index (χ4v) is 5.40. The van der Waals surface area contributed by atoms with Gasteiger partial charge in [0.15, 0.2) is 5.96 Å². The number of pyridine rings is 1. The van der Waals surface area contributed by atoms with Crippen LogP contribution >= 0.6 is 0 Å². The van der Waals surface area contributed by atoms with Crippen molar-refractivity contribution in [2.75, 3.05) is 37.6 Å². The maximum absolute atomic E-state index is 11.5. The second-order valence-electron chi connectivity index (χ2n) is 9.41. The Labute approximate surface area is 192 Å². The summed E-state index contributed by atoms with van der Waals surface area (Å²) in [5.74, 6) is 1.66. The molecule has 4 N–H and O–H groups in total. The topological polar surface area (TPSA) is 98.9 Å². The third kappa shape index (κ3) is 5.71. The predicted octanol–water partition coefficient (Wildman–Crippen LogP) is 1.86. The van der Waals surface area contributed by atoms with E-state index in [0.717, 1.165) is 62.4 Å². The van der Waals surface area contributed by atoms with Crippen molar-refractivity contribution in [3.05, 3.63) is 23.9 Å². The third-order valence-corrected chi connectivity index (χ3v) is 7.22. The van der Waals surface area contributed by atoms with Gasteiger partial charge >= 0.3 is 0 Å². The van der Waals surface area contributed by atoms with E-state index < -0.39 is 0 Å². The van der Waals surface area contributed by atoms with Crippen molar-refractivity contribution >= 4 is 17.7 Å². The maximum atomic E-state index is 11.5. The van der Waals surface area contributed by atoms with Gasteiger partial charge in [0.25, 0.3) is 0 Å². The summed E-state index contributed by atoms with van der Waals surface area (Å²) in [5, 5.41) is 7.09. The molecule has 1 aromatic heterocycles. The van der Waals surface area contributed by atoms with Crippen LogP contribution in [0.25, 0.3) is 0 Å². The lowest BCUT2D eigenvalue weighted by atomic mass is 9.96. The molecule has 0 spiro atoms. The largest absolute Gasteiger partial charge is 0.369 e. The molecule has 1 amide bonds. The van der Waals surface area contributed by atoms with Gasteiger partial charge in [-0.05, 0) is 45.1 Å². The molecular weight excluding hydrogens is 402 g/mol. The Morgan fingerprint density at radius 2 is 1.97 bits per heavy atom. The lowest BCUT2D eigenvalue weighted by molar-refractivity contribution is -0.122. The van der Waals surface area contributed by atoms with E-state index in [0.29, 0.717) is 12.6 Å². The minimum Gasteiger partial charge on any atom is -0.369 e. The summed E-state index contributed by atoms with van der Waals surface area (Å²) in [5.41, 5.74) is 6.61. The van der Waals surface area contributed by atoms with E-state index in [9.17, 15) is 4.79 Å². The van der Waals surface area contributed by atoms with E-state index in [4.69, 9.17) is 10.7 Å². The molecule has 1 saturated carbocycles. The van der Waals surface area contributed by atoms with Crippen molar-refractivity contribution < 1.29 is 4.79 Å². The van der Waals surface area contributed by atoms with Crippen LogP contribution in [0, 0.1) is 5.92 Å². The number of likely N-dealkylation sites (tertiary alicyclic amines) is 1. The number of carbonyl (C=O) groups excluding carboxylic acids is 1. The molecule has 2 aliphatic heterocycles. The molecule has 3 fully saturated rings. The first-order valence-electron chi connectivity index (χ1n) is 12.4. The number of amides is 1. The average molecular weight is 442 g/mol. The summed E-state index contributed by atoms with van der Waals surface area (Å²) in [4.78, 5) is 26.0. The number of carbonyl (C=O) groups is 1. The smallest absolute Gasteiger partial charge is 0.220 e. The molecular formula is C24H39N7O. The highest BCUT2D eigenvalue weighted by Gasteiger charge is 2.30. The van der Waals surface area contributed by atoms with Crippen LogP contribution in [0.1, 0.15) is 57.4 Å². The number of nitrogens with two attached hydrogens (primary N) is 1. The number of aromatic nitrogens is 1. The maximum Gasteiger partial charge on any atom is 0.220 e. The Bertz CT molecular complexity index is 784. The fourth-order valence-electron chi connectivity index (χ4n) is 5.40. The Balaban J connectivity index is 1.37. The van der Waals surface area contributed by atoms with Crippen LogP contribution in [0.5, 0.6) is 0 Å². The molecule has 4 rings (SSSR count). The van der Waals surface area contributed by atoms with Gasteiger partial charge in [0.05, 0.1) is 6.54 Å². The van der Waals surface area contributed by atoms with Gasteiger partial charge < -0.3 is 21.3 Å². The number of hydrogen-bond donors (Lipinski definition) is 3. The van der Waals surface area contributed by atoms with Crippen LogP contribution in [0.3, 0.4) is 0 Å². The van der Waals surface area contributed by atoms with Crippen molar-refractivity contribution in [1.29, 1.82) is 0 Å². The average Bonchev–Trinajstić information content (AvgIpc) is 3.50. The number of hydrogen-bond acceptors (Lipinski definition) is 5. The Morgan fingerprint density at radius 3 is 2.69 bits per heavy atom. The molecule has 3 aliphatic rings. The first-order valence-corrected chi connectivity index (χ1v) is 12.4. The lowest BCUT2D eigenvalue weighted by Gasteiger charge is -2.32. The van der Waals surface area contributed by atoms with Gasteiger partial charge in [0, 0.05) is 62.5 Å². The molecule has 3 heterocycles. The summed E-state index contributed by atoms with van der Waals surface area (Å²) in [6, 6.07) is 5.32. The first kappa shape index (κ1) is 22.8. The van der Waals surface area contributed by atoms with Crippen molar-refractivity contribution in [1.82, 2.24) is 20.5 Å². The van der Waals surface area contributed by atoms with E-state index >= 15 is 0 Å².